The normalized spacial score (nSPS) is 11.7. The first-order valence-electron chi connectivity index (χ1n) is 6.30. The van der Waals surface area contributed by atoms with Crippen LogP contribution in [0.4, 0.5) is 4.79 Å². The molecule has 0 rings (SSSR count). The summed E-state index contributed by atoms with van der Waals surface area (Å²) in [6, 6.07) is 0. The molecule has 0 atom stereocenters. The summed E-state index contributed by atoms with van der Waals surface area (Å²) in [4.78, 5) is 13.3. The minimum absolute atomic E-state index is 0.0689. The van der Waals surface area contributed by atoms with Crippen LogP contribution in [-0.2, 0) is 4.74 Å². The van der Waals surface area contributed by atoms with Gasteiger partial charge in [0.25, 0.3) is 0 Å². The number of hydrogen-bond donors (Lipinski definition) is 3. The maximum atomic E-state index is 11.3. The van der Waals surface area contributed by atoms with Gasteiger partial charge in [-0.05, 0) is 33.7 Å². The van der Waals surface area contributed by atoms with Crippen LogP contribution >= 0.6 is 0 Å². The molecule has 0 radical (unpaired) electrons. The Bertz CT molecular complexity index is 223. The number of nitrogens with zero attached hydrogens (tertiary/aromatic N) is 1. The minimum atomic E-state index is -0.482. The molecule has 3 N–H and O–H groups in total. The van der Waals surface area contributed by atoms with Crippen LogP contribution in [-0.4, -0.2) is 66.2 Å². The lowest BCUT2D eigenvalue weighted by Crippen LogP contribution is -2.35. The Hall–Kier alpha value is -0.850. The lowest BCUT2D eigenvalue weighted by molar-refractivity contribution is 0.0524. The van der Waals surface area contributed by atoms with E-state index in [1.54, 1.807) is 0 Å². The van der Waals surface area contributed by atoms with Gasteiger partial charge in [-0.2, -0.15) is 0 Å². The van der Waals surface area contributed by atoms with E-state index in [0.717, 1.165) is 13.0 Å². The van der Waals surface area contributed by atoms with Gasteiger partial charge in [0.15, 0.2) is 0 Å². The lowest BCUT2D eigenvalue weighted by atomic mass is 10.2. The van der Waals surface area contributed by atoms with E-state index in [1.165, 1.54) is 0 Å². The SMILES string of the molecule is CC(C)(C)OC(=O)NCCCN(CCO)CCO. The summed E-state index contributed by atoms with van der Waals surface area (Å²) in [7, 11) is 0. The summed E-state index contributed by atoms with van der Waals surface area (Å²) in [5.41, 5.74) is -0.482. The van der Waals surface area contributed by atoms with Gasteiger partial charge >= 0.3 is 6.09 Å². The quantitative estimate of drug-likeness (QED) is 0.544. The molecule has 0 fully saturated rings. The Morgan fingerprint density at radius 3 is 2.17 bits per heavy atom. The fraction of sp³-hybridized carbons (Fsp3) is 0.917. The van der Waals surface area contributed by atoms with Crippen molar-refractivity contribution in [2.45, 2.75) is 32.8 Å². The van der Waals surface area contributed by atoms with E-state index in [-0.39, 0.29) is 13.2 Å². The molecule has 0 saturated heterocycles. The number of ether oxygens (including phenoxy) is 1. The molecular formula is C12H26N2O4. The van der Waals surface area contributed by atoms with Crippen molar-refractivity contribution in [3.8, 4) is 0 Å². The molecule has 0 aliphatic rings. The number of nitrogens with one attached hydrogen (secondary N) is 1. The summed E-state index contributed by atoms with van der Waals surface area (Å²) in [5, 5.41) is 20.3. The Kier molecular flexibility index (Phi) is 8.70. The van der Waals surface area contributed by atoms with Gasteiger partial charge in [-0.15, -0.1) is 0 Å². The molecule has 6 heteroatoms. The van der Waals surface area contributed by atoms with Crippen LogP contribution < -0.4 is 5.32 Å². The molecule has 6 nitrogen and oxygen atoms in total. The number of rotatable bonds is 8. The second-order valence-corrected chi connectivity index (χ2v) is 5.07. The van der Waals surface area contributed by atoms with Crippen LogP contribution in [0.5, 0.6) is 0 Å². The van der Waals surface area contributed by atoms with Crippen LogP contribution in [0.25, 0.3) is 0 Å². The number of alkyl carbamates (subject to hydrolysis) is 1. The highest BCUT2D eigenvalue weighted by molar-refractivity contribution is 5.67. The smallest absolute Gasteiger partial charge is 0.407 e. The van der Waals surface area contributed by atoms with E-state index in [1.807, 2.05) is 25.7 Å². The van der Waals surface area contributed by atoms with Crippen molar-refractivity contribution in [2.75, 3.05) is 39.4 Å². The molecule has 0 unspecified atom stereocenters. The average molecular weight is 262 g/mol. The molecule has 0 spiro atoms. The Morgan fingerprint density at radius 1 is 1.17 bits per heavy atom. The second kappa shape index (κ2) is 9.13. The number of aliphatic hydroxyl groups is 2. The van der Waals surface area contributed by atoms with Crippen molar-refractivity contribution in [1.82, 2.24) is 10.2 Å². The highest BCUT2D eigenvalue weighted by Gasteiger charge is 2.15. The van der Waals surface area contributed by atoms with E-state index in [2.05, 4.69) is 5.32 Å². The number of amides is 1. The molecule has 108 valence electrons. The minimum Gasteiger partial charge on any atom is -0.444 e. The highest BCUT2D eigenvalue weighted by atomic mass is 16.6. The lowest BCUT2D eigenvalue weighted by Gasteiger charge is -2.21. The first-order chi connectivity index (χ1) is 8.39. The second-order valence-electron chi connectivity index (χ2n) is 5.07. The van der Waals surface area contributed by atoms with Gasteiger partial charge in [-0.25, -0.2) is 4.79 Å². The molecule has 0 heterocycles. The fourth-order valence-electron chi connectivity index (χ4n) is 1.43. The van der Waals surface area contributed by atoms with Gasteiger partial charge in [0.05, 0.1) is 13.2 Å². The summed E-state index contributed by atoms with van der Waals surface area (Å²) in [5.74, 6) is 0. The van der Waals surface area contributed by atoms with Crippen molar-refractivity contribution in [2.24, 2.45) is 0 Å². The zero-order chi connectivity index (χ0) is 14.0. The molecule has 0 aromatic rings. The van der Waals surface area contributed by atoms with Crippen molar-refractivity contribution >= 4 is 6.09 Å². The molecule has 1 amide bonds. The summed E-state index contributed by atoms with van der Waals surface area (Å²) in [6.07, 6.45) is 0.331. The van der Waals surface area contributed by atoms with Gasteiger partial charge in [0.2, 0.25) is 0 Å². The Morgan fingerprint density at radius 2 is 1.72 bits per heavy atom. The predicted octanol–water partition coefficient (Wildman–Crippen LogP) is 0.188. The van der Waals surface area contributed by atoms with Crippen molar-refractivity contribution in [3.05, 3.63) is 0 Å². The average Bonchev–Trinajstić information content (AvgIpc) is 2.22. The van der Waals surface area contributed by atoms with Crippen molar-refractivity contribution < 1.29 is 19.7 Å². The molecule has 0 aromatic carbocycles. The largest absolute Gasteiger partial charge is 0.444 e. The summed E-state index contributed by atoms with van der Waals surface area (Å²) in [6.45, 7) is 7.89. The van der Waals surface area contributed by atoms with Crippen LogP contribution in [0, 0.1) is 0 Å². The molecule has 0 aliphatic heterocycles. The molecule has 0 aromatic heterocycles. The molecule has 0 bridgehead atoms. The maximum absolute atomic E-state index is 11.3. The number of hydrogen-bond acceptors (Lipinski definition) is 5. The third-order valence-corrected chi connectivity index (χ3v) is 2.15. The highest BCUT2D eigenvalue weighted by Crippen LogP contribution is 2.06. The van der Waals surface area contributed by atoms with E-state index in [9.17, 15) is 4.79 Å². The van der Waals surface area contributed by atoms with Crippen LogP contribution in [0.1, 0.15) is 27.2 Å². The van der Waals surface area contributed by atoms with Crippen LogP contribution in [0.15, 0.2) is 0 Å². The first-order valence-corrected chi connectivity index (χ1v) is 6.30. The van der Waals surface area contributed by atoms with E-state index in [4.69, 9.17) is 14.9 Å². The van der Waals surface area contributed by atoms with Gasteiger partial charge < -0.3 is 20.3 Å². The van der Waals surface area contributed by atoms with Crippen LogP contribution in [0.3, 0.4) is 0 Å². The Labute approximate surface area is 109 Å². The first kappa shape index (κ1) is 17.2. The number of carbonyl (C=O) groups excluding carboxylic acids is 1. The Balaban J connectivity index is 3.67. The topological polar surface area (TPSA) is 82.0 Å². The monoisotopic (exact) mass is 262 g/mol. The molecule has 0 saturated carbocycles. The zero-order valence-corrected chi connectivity index (χ0v) is 11.6. The maximum Gasteiger partial charge on any atom is 0.407 e. The summed E-state index contributed by atoms with van der Waals surface area (Å²) < 4.78 is 5.10. The van der Waals surface area contributed by atoms with Gasteiger partial charge in [-0.3, -0.25) is 4.90 Å². The fourth-order valence-corrected chi connectivity index (χ4v) is 1.43. The number of carbonyl (C=O) groups is 1. The third-order valence-electron chi connectivity index (χ3n) is 2.15. The van der Waals surface area contributed by atoms with Gasteiger partial charge in [0, 0.05) is 19.6 Å². The van der Waals surface area contributed by atoms with E-state index >= 15 is 0 Å². The van der Waals surface area contributed by atoms with Gasteiger partial charge in [0.1, 0.15) is 5.60 Å². The number of aliphatic hydroxyl groups excluding tert-OH is 2. The molecule has 18 heavy (non-hydrogen) atoms. The zero-order valence-electron chi connectivity index (χ0n) is 11.6. The van der Waals surface area contributed by atoms with Crippen molar-refractivity contribution in [1.29, 1.82) is 0 Å². The third kappa shape index (κ3) is 10.3. The molecular weight excluding hydrogens is 236 g/mol. The van der Waals surface area contributed by atoms with Crippen molar-refractivity contribution in [3.63, 3.8) is 0 Å². The van der Waals surface area contributed by atoms with E-state index in [0.29, 0.717) is 19.6 Å². The van der Waals surface area contributed by atoms with E-state index < -0.39 is 11.7 Å². The van der Waals surface area contributed by atoms with Crippen LogP contribution in [0.2, 0.25) is 0 Å². The summed E-state index contributed by atoms with van der Waals surface area (Å²) >= 11 is 0. The standard InChI is InChI=1S/C12H26N2O4/c1-12(2,3)18-11(17)13-5-4-6-14(7-9-15)8-10-16/h15-16H,4-10H2,1-3H3,(H,13,17). The molecule has 0 aliphatic carbocycles. The van der Waals surface area contributed by atoms with Gasteiger partial charge in [-0.1, -0.05) is 0 Å². The predicted molar refractivity (Wildman–Crippen MR) is 69.5 cm³/mol.